The second-order valence-corrected chi connectivity index (χ2v) is 13.6. The van der Waals surface area contributed by atoms with Crippen molar-refractivity contribution in [3.05, 3.63) is 126 Å². The summed E-state index contributed by atoms with van der Waals surface area (Å²) in [6.07, 6.45) is -0.393. The average molecular weight is 774 g/mol. The number of hydrogen-bond acceptors (Lipinski definition) is 10. The van der Waals surface area contributed by atoms with Gasteiger partial charge in [-0.2, -0.15) is 0 Å². The van der Waals surface area contributed by atoms with Gasteiger partial charge in [0.2, 0.25) is 5.91 Å². The zero-order valence-electron chi connectivity index (χ0n) is 31.5. The number of methoxy groups -OCH3 is 2. The fraction of sp³-hybridized carbons (Fsp3) is 0.381. The fourth-order valence-corrected chi connectivity index (χ4v) is 7.06. The molecule has 0 bridgehead atoms. The molecule has 1 aliphatic heterocycles. The molecule has 0 saturated carbocycles. The van der Waals surface area contributed by atoms with Crippen LogP contribution in [0.15, 0.2) is 97.3 Å². The molecule has 6 rings (SSSR count). The Morgan fingerprint density at radius 2 is 1.57 bits per heavy atom. The van der Waals surface area contributed by atoms with Gasteiger partial charge in [-0.05, 0) is 78.9 Å². The molecule has 56 heavy (non-hydrogen) atoms. The number of ether oxygens (including phenoxy) is 5. The highest BCUT2D eigenvalue weighted by Gasteiger charge is 2.48. The van der Waals surface area contributed by atoms with Gasteiger partial charge in [0.15, 0.2) is 17.9 Å². The monoisotopic (exact) mass is 773 g/mol. The maximum absolute atomic E-state index is 14.8. The lowest BCUT2D eigenvalue weighted by atomic mass is 9.80. The Kier molecular flexibility index (Phi) is 13.7. The largest absolute Gasteiger partial charge is 0.497 e. The highest BCUT2D eigenvalue weighted by Crippen LogP contribution is 2.43. The van der Waals surface area contributed by atoms with E-state index in [2.05, 4.69) is 10.3 Å². The topological polar surface area (TPSA) is 165 Å². The molecule has 2 heterocycles. The van der Waals surface area contributed by atoms with Crippen LogP contribution in [-0.4, -0.2) is 85.4 Å². The molecule has 0 radical (unpaired) electrons. The first-order valence-corrected chi connectivity index (χ1v) is 18.7. The Bertz CT molecular complexity index is 1970. The Balaban J connectivity index is 1.28. The number of carbonyl (C=O) groups excluding carboxylic acids is 1. The van der Waals surface area contributed by atoms with E-state index in [0.29, 0.717) is 30.9 Å². The summed E-state index contributed by atoms with van der Waals surface area (Å²) in [5.74, 6) is -1.07. The van der Waals surface area contributed by atoms with Crippen LogP contribution in [0.4, 0.5) is 8.78 Å². The van der Waals surface area contributed by atoms with Gasteiger partial charge in [0.25, 0.3) is 0 Å². The molecule has 1 aliphatic rings. The summed E-state index contributed by atoms with van der Waals surface area (Å²) in [6.45, 7) is 0.819. The number of amides is 1. The zero-order chi connectivity index (χ0) is 39.7. The molecule has 298 valence electrons. The fourth-order valence-electron chi connectivity index (χ4n) is 7.06. The van der Waals surface area contributed by atoms with E-state index in [4.69, 9.17) is 35.2 Å². The number of hydrogen-bond donors (Lipinski definition) is 4. The second kappa shape index (κ2) is 18.8. The minimum Gasteiger partial charge on any atom is -0.497 e. The van der Waals surface area contributed by atoms with E-state index in [9.17, 15) is 18.7 Å². The molecule has 0 spiro atoms. The maximum Gasteiger partial charge on any atom is 0.236 e. The second-order valence-electron chi connectivity index (χ2n) is 13.6. The predicted octanol–water partition coefficient (Wildman–Crippen LogP) is 4.95. The summed E-state index contributed by atoms with van der Waals surface area (Å²) in [4.78, 5) is 16.6. The lowest BCUT2D eigenvalue weighted by molar-refractivity contribution is -0.122. The maximum atomic E-state index is 14.8. The average Bonchev–Trinajstić information content (AvgIpc) is 3.80. The van der Waals surface area contributed by atoms with Crippen LogP contribution in [0.3, 0.4) is 0 Å². The number of aliphatic hydroxyl groups is 1. The van der Waals surface area contributed by atoms with Crippen molar-refractivity contribution in [1.29, 1.82) is 0 Å². The van der Waals surface area contributed by atoms with Gasteiger partial charge in [0, 0.05) is 13.2 Å². The summed E-state index contributed by atoms with van der Waals surface area (Å²) < 4.78 is 61.3. The molecule has 5 atom stereocenters. The third-order valence-corrected chi connectivity index (χ3v) is 10.1. The number of imidazole rings is 1. The van der Waals surface area contributed by atoms with Gasteiger partial charge in [0.05, 0.1) is 38.7 Å². The van der Waals surface area contributed by atoms with Crippen molar-refractivity contribution in [2.75, 3.05) is 40.5 Å². The predicted molar refractivity (Wildman–Crippen MR) is 206 cm³/mol. The molecule has 5 aromatic rings. The summed E-state index contributed by atoms with van der Waals surface area (Å²) in [5, 5.41) is 14.8. The van der Waals surface area contributed by atoms with Crippen LogP contribution >= 0.6 is 0 Å². The number of nitrogens with one attached hydrogen (secondary N) is 1. The molecule has 0 aliphatic carbocycles. The van der Waals surface area contributed by atoms with Gasteiger partial charge in [-0.15, -0.1) is 0 Å². The van der Waals surface area contributed by atoms with E-state index in [-0.39, 0.29) is 36.7 Å². The third-order valence-electron chi connectivity index (χ3n) is 10.1. The number of aromatic nitrogens is 2. The summed E-state index contributed by atoms with van der Waals surface area (Å²) in [5.41, 5.74) is 12.8. The zero-order valence-corrected chi connectivity index (χ0v) is 31.5. The Hall–Kier alpha value is -4.96. The van der Waals surface area contributed by atoms with Crippen molar-refractivity contribution in [2.45, 2.75) is 61.9 Å². The number of benzene rings is 4. The van der Waals surface area contributed by atoms with Crippen molar-refractivity contribution < 1.29 is 42.4 Å². The lowest BCUT2D eigenvalue weighted by Gasteiger charge is -2.37. The van der Waals surface area contributed by atoms with Gasteiger partial charge in [0.1, 0.15) is 40.9 Å². The summed E-state index contributed by atoms with van der Waals surface area (Å²) in [7, 11) is 3.19. The van der Waals surface area contributed by atoms with Crippen LogP contribution in [0.1, 0.15) is 48.6 Å². The van der Waals surface area contributed by atoms with E-state index < -0.39 is 47.8 Å². The van der Waals surface area contributed by atoms with Crippen molar-refractivity contribution in [2.24, 2.45) is 11.5 Å². The third kappa shape index (κ3) is 8.70. The van der Waals surface area contributed by atoms with Crippen LogP contribution < -0.4 is 26.3 Å². The number of nitrogens with two attached hydrogens (primary N) is 2. The highest BCUT2D eigenvalue weighted by molar-refractivity contribution is 5.81. The number of rotatable bonds is 19. The number of nitrogens with zero attached hydrogens (tertiary/aromatic N) is 2. The summed E-state index contributed by atoms with van der Waals surface area (Å²) >= 11 is 0. The number of halogens is 2. The van der Waals surface area contributed by atoms with Crippen LogP contribution in [0, 0.1) is 11.6 Å². The molecule has 6 N–H and O–H groups in total. The van der Waals surface area contributed by atoms with E-state index >= 15 is 0 Å². The molecule has 14 heteroatoms. The standard InChI is InChI=1S/C42H49F2N5O7/c1-52-30-16-12-28(13-17-30)42(27-9-4-3-5-10-27,29-14-18-31(53-2)19-15-29)55-25-35-38(50)39(54-24-8-23-47-40(51)33(46)11-6-7-22-45)41(56-35)49-26-48-37-34(49)21-20-32(43)36(37)44/h3-5,9-10,12-21,26,33,35,38-39,41,50H,6-8,11,22-25,45-46H2,1-2H3,(H,47,51)/t33-,35+,38+,39+,41+/m0/s1. The molecule has 12 nitrogen and oxygen atoms in total. The molecule has 4 aromatic carbocycles. The molecule has 1 amide bonds. The van der Waals surface area contributed by atoms with E-state index in [1.54, 1.807) is 14.2 Å². The van der Waals surface area contributed by atoms with Crippen molar-refractivity contribution >= 4 is 16.9 Å². The SMILES string of the molecule is COc1ccc(C(OC[C@H]2O[C@@H](n3cnc4c(F)c(F)ccc43)[C@H](OCCCNC(=O)[C@@H](N)CCCCN)[C@@H]2O)(c2ccccc2)c2ccc(OC)cc2)cc1. The molecule has 0 unspecified atom stereocenters. The molecular weight excluding hydrogens is 724 g/mol. The lowest BCUT2D eigenvalue weighted by Crippen LogP contribution is -2.41. The number of fused-ring (bicyclic) bond motifs is 1. The van der Waals surface area contributed by atoms with E-state index in [0.717, 1.165) is 35.6 Å². The van der Waals surface area contributed by atoms with Crippen LogP contribution in [-0.2, 0) is 24.6 Å². The number of aliphatic hydroxyl groups excluding tert-OH is 1. The van der Waals surface area contributed by atoms with Crippen molar-refractivity contribution in [3.8, 4) is 11.5 Å². The van der Waals surface area contributed by atoms with Gasteiger partial charge >= 0.3 is 0 Å². The molecule has 1 saturated heterocycles. The van der Waals surface area contributed by atoms with Crippen LogP contribution in [0.2, 0.25) is 0 Å². The van der Waals surface area contributed by atoms with Crippen LogP contribution in [0.25, 0.3) is 11.0 Å². The molecular formula is C42H49F2N5O7. The Morgan fingerprint density at radius 3 is 2.20 bits per heavy atom. The Morgan fingerprint density at radius 1 is 0.929 bits per heavy atom. The minimum atomic E-state index is -1.24. The van der Waals surface area contributed by atoms with E-state index in [1.807, 2.05) is 78.9 Å². The van der Waals surface area contributed by atoms with Gasteiger partial charge < -0.3 is 50.1 Å². The van der Waals surface area contributed by atoms with Gasteiger partial charge in [-0.1, -0.05) is 61.0 Å². The van der Waals surface area contributed by atoms with Crippen molar-refractivity contribution in [1.82, 2.24) is 14.9 Å². The quantitative estimate of drug-likeness (QED) is 0.0667. The highest BCUT2D eigenvalue weighted by atomic mass is 19.2. The first kappa shape index (κ1) is 40.7. The van der Waals surface area contributed by atoms with E-state index in [1.165, 1.54) is 17.0 Å². The van der Waals surface area contributed by atoms with Gasteiger partial charge in [-0.3, -0.25) is 4.79 Å². The normalized spacial score (nSPS) is 18.9. The minimum absolute atomic E-state index is 0.124. The van der Waals surface area contributed by atoms with Crippen LogP contribution in [0.5, 0.6) is 11.5 Å². The number of carbonyl (C=O) groups is 1. The number of unbranched alkanes of at least 4 members (excludes halogenated alkanes) is 1. The summed E-state index contributed by atoms with van der Waals surface area (Å²) in [6, 6.07) is 26.6. The van der Waals surface area contributed by atoms with Crippen molar-refractivity contribution in [3.63, 3.8) is 0 Å². The smallest absolute Gasteiger partial charge is 0.236 e. The Labute approximate surface area is 324 Å². The first-order valence-electron chi connectivity index (χ1n) is 18.7. The molecule has 1 aromatic heterocycles. The molecule has 1 fully saturated rings. The van der Waals surface area contributed by atoms with Gasteiger partial charge in [-0.25, -0.2) is 13.8 Å². The first-order chi connectivity index (χ1) is 27.2.